The summed E-state index contributed by atoms with van der Waals surface area (Å²) in [6.45, 7) is 4.18. The Hall–Kier alpha value is -2.59. The lowest BCUT2D eigenvalue weighted by Gasteiger charge is -2.10. The van der Waals surface area contributed by atoms with Gasteiger partial charge in [-0.3, -0.25) is 9.79 Å². The van der Waals surface area contributed by atoms with E-state index < -0.39 is 5.91 Å². The zero-order chi connectivity index (χ0) is 18.2. The van der Waals surface area contributed by atoms with Crippen LogP contribution in [0.5, 0.6) is 0 Å². The molecule has 130 valence electrons. The Labute approximate surface area is 152 Å². The van der Waals surface area contributed by atoms with Crippen LogP contribution in [0.15, 0.2) is 65.2 Å². The van der Waals surface area contributed by atoms with Crippen molar-refractivity contribution in [3.05, 3.63) is 76.3 Å². The highest BCUT2D eigenvalue weighted by molar-refractivity contribution is 6.32. The summed E-state index contributed by atoms with van der Waals surface area (Å²) in [5, 5.41) is 13.6. The van der Waals surface area contributed by atoms with Gasteiger partial charge in [0.2, 0.25) is 0 Å². The van der Waals surface area contributed by atoms with Gasteiger partial charge in [0.15, 0.2) is 0 Å². The van der Waals surface area contributed by atoms with E-state index in [0.29, 0.717) is 17.1 Å². The number of carbonyl (C=O) groups excluding carboxylic acids is 1. The van der Waals surface area contributed by atoms with E-state index in [9.17, 15) is 9.90 Å². The first-order valence-corrected chi connectivity index (χ1v) is 8.46. The molecule has 2 rings (SSSR count). The number of aliphatic imine (C=N–C) groups is 1. The van der Waals surface area contributed by atoms with Crippen LogP contribution < -0.4 is 5.32 Å². The summed E-state index contributed by atoms with van der Waals surface area (Å²) in [5.74, 6) is -0.593. The quantitative estimate of drug-likeness (QED) is 0.452. The normalized spacial score (nSPS) is 13.4. The maximum atomic E-state index is 12.4. The molecule has 1 unspecified atom stereocenters. The third kappa shape index (κ3) is 4.94. The van der Waals surface area contributed by atoms with Crippen LogP contribution in [-0.2, 0) is 4.79 Å². The molecule has 0 aliphatic rings. The average molecular weight is 357 g/mol. The van der Waals surface area contributed by atoms with Gasteiger partial charge < -0.3 is 10.4 Å². The largest absolute Gasteiger partial charge is 0.506 e. The molecule has 0 fully saturated rings. The fourth-order valence-electron chi connectivity index (χ4n) is 2.29. The van der Waals surface area contributed by atoms with Gasteiger partial charge in [-0.1, -0.05) is 54.1 Å². The molecule has 2 aromatic carbocycles. The lowest BCUT2D eigenvalue weighted by Crippen LogP contribution is -2.26. The summed E-state index contributed by atoms with van der Waals surface area (Å²) < 4.78 is 0. The maximum absolute atomic E-state index is 12.4. The van der Waals surface area contributed by atoms with E-state index >= 15 is 0 Å². The molecule has 0 saturated carbocycles. The topological polar surface area (TPSA) is 61.7 Å². The minimum absolute atomic E-state index is 0.0812. The lowest BCUT2D eigenvalue weighted by molar-refractivity contribution is -0.116. The number of nitrogens with zero attached hydrogens (tertiary/aromatic N) is 1. The molecule has 0 aliphatic heterocycles. The molecule has 0 spiro atoms. The van der Waals surface area contributed by atoms with E-state index in [0.717, 1.165) is 5.56 Å². The molecule has 0 aromatic heterocycles. The zero-order valence-corrected chi connectivity index (χ0v) is 15.0. The number of hydrogen-bond acceptors (Lipinski definition) is 3. The second-order valence-corrected chi connectivity index (χ2v) is 5.87. The van der Waals surface area contributed by atoms with Gasteiger partial charge in [-0.15, -0.1) is 0 Å². The fraction of sp³-hybridized carbons (Fsp3) is 0.200. The molecule has 4 nitrogen and oxygen atoms in total. The number of nitrogens with one attached hydrogen (secondary N) is 1. The van der Waals surface area contributed by atoms with Crippen molar-refractivity contribution >= 4 is 29.5 Å². The van der Waals surface area contributed by atoms with E-state index in [2.05, 4.69) is 10.3 Å². The summed E-state index contributed by atoms with van der Waals surface area (Å²) in [6, 6.07) is 16.4. The van der Waals surface area contributed by atoms with Crippen LogP contribution >= 0.6 is 11.6 Å². The number of benzene rings is 2. The highest BCUT2D eigenvalue weighted by atomic mass is 35.5. The van der Waals surface area contributed by atoms with Crippen LogP contribution in [0, 0.1) is 0 Å². The summed E-state index contributed by atoms with van der Waals surface area (Å²) in [4.78, 5) is 16.8. The molecular formula is C20H21ClN2O2. The van der Waals surface area contributed by atoms with Gasteiger partial charge in [-0.25, -0.2) is 0 Å². The monoisotopic (exact) mass is 356 g/mol. The van der Waals surface area contributed by atoms with Crippen molar-refractivity contribution in [2.45, 2.75) is 19.9 Å². The van der Waals surface area contributed by atoms with Gasteiger partial charge in [0.1, 0.15) is 5.76 Å². The van der Waals surface area contributed by atoms with Crippen LogP contribution in [0.4, 0.5) is 0 Å². The van der Waals surface area contributed by atoms with Crippen LogP contribution in [0.25, 0.3) is 5.76 Å². The van der Waals surface area contributed by atoms with Crippen molar-refractivity contribution in [2.24, 2.45) is 4.99 Å². The first kappa shape index (κ1) is 18.7. The minimum atomic E-state index is -0.399. The van der Waals surface area contributed by atoms with Gasteiger partial charge in [0, 0.05) is 18.3 Å². The summed E-state index contributed by atoms with van der Waals surface area (Å²) >= 11 is 6.13. The minimum Gasteiger partial charge on any atom is -0.506 e. The van der Waals surface area contributed by atoms with Crippen LogP contribution in [0.2, 0.25) is 5.02 Å². The molecular weight excluding hydrogens is 336 g/mol. The smallest absolute Gasteiger partial charge is 0.256 e. The standard InChI is InChI=1S/C20H21ClN2O2/c1-3-22-20(25)17(19(24)16-11-7-8-12-18(16)21)13-23-14(2)15-9-5-4-6-10-15/h4-14,24H,3H2,1-2H3,(H,22,25)/b19-17+,23-13?. The Morgan fingerprint density at radius 1 is 1.20 bits per heavy atom. The number of aliphatic hydroxyl groups is 1. The second kappa shape index (κ2) is 9.04. The Balaban J connectivity index is 2.40. The molecule has 0 saturated heterocycles. The molecule has 25 heavy (non-hydrogen) atoms. The van der Waals surface area contributed by atoms with Crippen molar-refractivity contribution in [1.82, 2.24) is 5.32 Å². The fourth-order valence-corrected chi connectivity index (χ4v) is 2.51. The molecule has 2 aromatic rings. The van der Waals surface area contributed by atoms with Crippen molar-refractivity contribution in [2.75, 3.05) is 6.54 Å². The molecule has 1 atom stereocenters. The Morgan fingerprint density at radius 2 is 1.84 bits per heavy atom. The van der Waals surface area contributed by atoms with Crippen LogP contribution in [-0.4, -0.2) is 23.8 Å². The van der Waals surface area contributed by atoms with Crippen LogP contribution in [0.3, 0.4) is 0 Å². The molecule has 0 aliphatic carbocycles. The van der Waals surface area contributed by atoms with Gasteiger partial charge in [0.05, 0.1) is 16.6 Å². The molecule has 2 N–H and O–H groups in total. The Bertz CT molecular complexity index is 785. The van der Waals surface area contributed by atoms with E-state index in [1.165, 1.54) is 6.21 Å². The maximum Gasteiger partial charge on any atom is 0.256 e. The van der Waals surface area contributed by atoms with E-state index in [1.807, 2.05) is 44.2 Å². The number of carbonyl (C=O) groups is 1. The number of amides is 1. The number of aliphatic hydroxyl groups excluding tert-OH is 1. The number of rotatable bonds is 6. The van der Waals surface area contributed by atoms with Gasteiger partial charge >= 0.3 is 0 Å². The molecule has 5 heteroatoms. The summed E-state index contributed by atoms with van der Waals surface area (Å²) in [6.07, 6.45) is 1.40. The Kier molecular flexibility index (Phi) is 6.78. The van der Waals surface area contributed by atoms with Gasteiger partial charge in [-0.2, -0.15) is 0 Å². The van der Waals surface area contributed by atoms with Crippen molar-refractivity contribution in [1.29, 1.82) is 0 Å². The van der Waals surface area contributed by atoms with E-state index in [1.54, 1.807) is 24.3 Å². The third-order valence-corrected chi connectivity index (χ3v) is 4.00. The average Bonchev–Trinajstić information content (AvgIpc) is 2.63. The summed E-state index contributed by atoms with van der Waals surface area (Å²) in [5.41, 5.74) is 1.49. The third-order valence-electron chi connectivity index (χ3n) is 3.68. The first-order valence-electron chi connectivity index (χ1n) is 8.09. The van der Waals surface area contributed by atoms with E-state index in [-0.39, 0.29) is 17.4 Å². The Morgan fingerprint density at radius 3 is 2.48 bits per heavy atom. The van der Waals surface area contributed by atoms with E-state index in [4.69, 9.17) is 11.6 Å². The first-order chi connectivity index (χ1) is 12.0. The molecule has 0 heterocycles. The highest BCUT2D eigenvalue weighted by Crippen LogP contribution is 2.24. The number of halogens is 1. The predicted octanol–water partition coefficient (Wildman–Crippen LogP) is 4.58. The summed E-state index contributed by atoms with van der Waals surface area (Å²) in [7, 11) is 0. The molecule has 0 bridgehead atoms. The van der Waals surface area contributed by atoms with Crippen molar-refractivity contribution in [3.63, 3.8) is 0 Å². The van der Waals surface area contributed by atoms with Gasteiger partial charge in [-0.05, 0) is 31.5 Å². The lowest BCUT2D eigenvalue weighted by atomic mass is 10.1. The SMILES string of the molecule is CCNC(=O)/C(C=NC(C)c1ccccc1)=C(/O)c1ccccc1Cl. The highest BCUT2D eigenvalue weighted by Gasteiger charge is 2.16. The number of hydrogen-bond donors (Lipinski definition) is 2. The van der Waals surface area contributed by atoms with Crippen molar-refractivity contribution < 1.29 is 9.90 Å². The zero-order valence-electron chi connectivity index (χ0n) is 14.2. The van der Waals surface area contributed by atoms with Crippen molar-refractivity contribution in [3.8, 4) is 0 Å². The van der Waals surface area contributed by atoms with Crippen LogP contribution in [0.1, 0.15) is 31.0 Å². The van der Waals surface area contributed by atoms with Gasteiger partial charge in [0.25, 0.3) is 5.91 Å². The number of likely N-dealkylation sites (N-methyl/N-ethyl adjacent to an activating group) is 1. The second-order valence-electron chi connectivity index (χ2n) is 5.47. The predicted molar refractivity (Wildman–Crippen MR) is 103 cm³/mol. The molecule has 0 radical (unpaired) electrons. The molecule has 1 amide bonds.